The van der Waals surface area contributed by atoms with Gasteiger partial charge in [-0.2, -0.15) is 0 Å². The summed E-state index contributed by atoms with van der Waals surface area (Å²) in [4.78, 5) is 8.57. The zero-order valence-corrected chi connectivity index (χ0v) is 9.28. The largest absolute Gasteiger partial charge is 0.392 e. The molecule has 3 nitrogen and oxygen atoms in total. The fraction of sp³-hybridized carbons (Fsp3) is 0.636. The van der Waals surface area contributed by atoms with Crippen LogP contribution >= 0.6 is 0 Å². The van der Waals surface area contributed by atoms with Gasteiger partial charge in [-0.25, -0.2) is 9.97 Å². The summed E-state index contributed by atoms with van der Waals surface area (Å²) in [5, 5.41) is 9.68. The Morgan fingerprint density at radius 2 is 1.71 bits per heavy atom. The first-order chi connectivity index (χ1) is 6.49. The monoisotopic (exact) mass is 194 g/mol. The van der Waals surface area contributed by atoms with E-state index in [1.54, 1.807) is 0 Å². The Balaban J connectivity index is 2.76. The second-order valence-corrected chi connectivity index (χ2v) is 4.08. The molecule has 0 bridgehead atoms. The molecule has 1 N–H and O–H groups in total. The Hall–Kier alpha value is -0.960. The SMILES string of the molecule is Cc1cc(C)nc(CC(O)C(C)C)n1. The van der Waals surface area contributed by atoms with Crippen LogP contribution in [0.3, 0.4) is 0 Å². The number of aryl methyl sites for hydroxylation is 2. The molecule has 1 unspecified atom stereocenters. The van der Waals surface area contributed by atoms with Gasteiger partial charge in [0.25, 0.3) is 0 Å². The third-order valence-corrected chi connectivity index (χ3v) is 2.19. The van der Waals surface area contributed by atoms with E-state index in [2.05, 4.69) is 9.97 Å². The van der Waals surface area contributed by atoms with Gasteiger partial charge in [0.05, 0.1) is 6.10 Å². The summed E-state index contributed by atoms with van der Waals surface area (Å²) >= 11 is 0. The highest BCUT2D eigenvalue weighted by molar-refractivity contribution is 5.08. The smallest absolute Gasteiger partial charge is 0.131 e. The second-order valence-electron chi connectivity index (χ2n) is 4.08. The maximum Gasteiger partial charge on any atom is 0.131 e. The van der Waals surface area contributed by atoms with Crippen LogP contribution < -0.4 is 0 Å². The molecule has 0 radical (unpaired) electrons. The van der Waals surface area contributed by atoms with Crippen molar-refractivity contribution in [2.24, 2.45) is 5.92 Å². The summed E-state index contributed by atoms with van der Waals surface area (Å²) in [6.07, 6.45) is 0.191. The highest BCUT2D eigenvalue weighted by Crippen LogP contribution is 2.08. The van der Waals surface area contributed by atoms with Crippen LogP contribution in [0.1, 0.15) is 31.1 Å². The Labute approximate surface area is 85.2 Å². The van der Waals surface area contributed by atoms with Crippen molar-refractivity contribution in [1.29, 1.82) is 0 Å². The van der Waals surface area contributed by atoms with E-state index in [1.165, 1.54) is 0 Å². The van der Waals surface area contributed by atoms with Gasteiger partial charge in [0.15, 0.2) is 0 Å². The summed E-state index contributed by atoms with van der Waals surface area (Å²) in [5.41, 5.74) is 1.92. The number of aliphatic hydroxyl groups excluding tert-OH is 1. The molecule has 0 amide bonds. The number of hydrogen-bond acceptors (Lipinski definition) is 3. The summed E-state index contributed by atoms with van der Waals surface area (Å²) < 4.78 is 0. The van der Waals surface area contributed by atoms with Gasteiger partial charge in [-0.05, 0) is 25.8 Å². The minimum atomic E-state index is -0.351. The number of aromatic nitrogens is 2. The van der Waals surface area contributed by atoms with Gasteiger partial charge in [-0.3, -0.25) is 0 Å². The van der Waals surface area contributed by atoms with E-state index >= 15 is 0 Å². The Morgan fingerprint density at radius 1 is 1.21 bits per heavy atom. The number of aliphatic hydroxyl groups is 1. The van der Waals surface area contributed by atoms with Gasteiger partial charge in [0, 0.05) is 17.8 Å². The molecule has 0 aliphatic rings. The number of nitrogens with zero attached hydrogens (tertiary/aromatic N) is 2. The molecule has 0 saturated heterocycles. The summed E-state index contributed by atoms with van der Waals surface area (Å²) in [7, 11) is 0. The van der Waals surface area contributed by atoms with Crippen LogP contribution in [0.2, 0.25) is 0 Å². The van der Waals surface area contributed by atoms with Crippen molar-refractivity contribution in [3.63, 3.8) is 0 Å². The summed E-state index contributed by atoms with van der Waals surface area (Å²) in [5.74, 6) is 0.989. The fourth-order valence-corrected chi connectivity index (χ4v) is 1.31. The Kier molecular flexibility index (Phi) is 3.58. The third-order valence-electron chi connectivity index (χ3n) is 2.19. The van der Waals surface area contributed by atoms with Gasteiger partial charge >= 0.3 is 0 Å². The molecule has 1 aromatic heterocycles. The van der Waals surface area contributed by atoms with Crippen LogP contribution in [0.4, 0.5) is 0 Å². The first kappa shape index (κ1) is 11.1. The van der Waals surface area contributed by atoms with Crippen molar-refractivity contribution in [1.82, 2.24) is 9.97 Å². The predicted molar refractivity (Wildman–Crippen MR) is 56.1 cm³/mol. The average molecular weight is 194 g/mol. The molecule has 1 atom stereocenters. The quantitative estimate of drug-likeness (QED) is 0.795. The molecule has 1 rings (SSSR count). The van der Waals surface area contributed by atoms with E-state index in [0.29, 0.717) is 6.42 Å². The molecule has 0 spiro atoms. The van der Waals surface area contributed by atoms with Crippen LogP contribution in [-0.2, 0) is 6.42 Å². The number of hydrogen-bond donors (Lipinski definition) is 1. The van der Waals surface area contributed by atoms with Crippen molar-refractivity contribution in [3.05, 3.63) is 23.3 Å². The third kappa shape index (κ3) is 3.07. The van der Waals surface area contributed by atoms with Crippen LogP contribution in [0.25, 0.3) is 0 Å². The predicted octanol–water partition coefficient (Wildman–Crippen LogP) is 1.65. The molecule has 1 heterocycles. The average Bonchev–Trinajstić information content (AvgIpc) is 2.01. The normalized spacial score (nSPS) is 13.3. The first-order valence-electron chi connectivity index (χ1n) is 4.98. The maximum absolute atomic E-state index is 9.68. The molecule has 0 saturated carbocycles. The highest BCUT2D eigenvalue weighted by Gasteiger charge is 2.12. The zero-order valence-electron chi connectivity index (χ0n) is 9.28. The Bertz CT molecular complexity index is 290. The standard InChI is InChI=1S/C11H18N2O/c1-7(2)10(14)6-11-12-8(3)5-9(4)13-11/h5,7,10,14H,6H2,1-4H3. The molecule has 78 valence electrons. The minimum Gasteiger partial charge on any atom is -0.392 e. The van der Waals surface area contributed by atoms with E-state index in [0.717, 1.165) is 17.2 Å². The van der Waals surface area contributed by atoms with E-state index in [9.17, 15) is 5.11 Å². The lowest BCUT2D eigenvalue weighted by molar-refractivity contribution is 0.123. The topological polar surface area (TPSA) is 46.0 Å². The van der Waals surface area contributed by atoms with E-state index in [4.69, 9.17) is 0 Å². The van der Waals surface area contributed by atoms with Gasteiger partial charge in [0.2, 0.25) is 0 Å². The number of rotatable bonds is 3. The summed E-state index contributed by atoms with van der Waals surface area (Å²) in [6.45, 7) is 7.88. The lowest BCUT2D eigenvalue weighted by atomic mass is 10.0. The van der Waals surface area contributed by atoms with Gasteiger partial charge in [-0.1, -0.05) is 13.8 Å². The van der Waals surface area contributed by atoms with Gasteiger partial charge in [-0.15, -0.1) is 0 Å². The van der Waals surface area contributed by atoms with Crippen molar-refractivity contribution in [3.8, 4) is 0 Å². The van der Waals surface area contributed by atoms with Crippen molar-refractivity contribution >= 4 is 0 Å². The first-order valence-corrected chi connectivity index (χ1v) is 4.98. The maximum atomic E-state index is 9.68. The lowest BCUT2D eigenvalue weighted by Gasteiger charge is -2.13. The van der Waals surface area contributed by atoms with E-state index in [1.807, 2.05) is 33.8 Å². The molecule has 14 heavy (non-hydrogen) atoms. The van der Waals surface area contributed by atoms with Crippen LogP contribution in [0.5, 0.6) is 0 Å². The molecule has 0 fully saturated rings. The molecular weight excluding hydrogens is 176 g/mol. The molecule has 0 aliphatic heterocycles. The minimum absolute atomic E-state index is 0.249. The molecule has 0 aliphatic carbocycles. The Morgan fingerprint density at radius 3 is 2.14 bits per heavy atom. The molecule has 3 heteroatoms. The molecule has 0 aromatic carbocycles. The lowest BCUT2D eigenvalue weighted by Crippen LogP contribution is -2.19. The fourth-order valence-electron chi connectivity index (χ4n) is 1.31. The zero-order chi connectivity index (χ0) is 10.7. The van der Waals surface area contributed by atoms with Crippen LogP contribution in [0, 0.1) is 19.8 Å². The van der Waals surface area contributed by atoms with Crippen LogP contribution in [0.15, 0.2) is 6.07 Å². The van der Waals surface area contributed by atoms with Crippen molar-refractivity contribution in [2.45, 2.75) is 40.2 Å². The van der Waals surface area contributed by atoms with E-state index < -0.39 is 0 Å². The van der Waals surface area contributed by atoms with Gasteiger partial charge < -0.3 is 5.11 Å². The molecular formula is C11H18N2O. The van der Waals surface area contributed by atoms with Crippen LogP contribution in [-0.4, -0.2) is 21.2 Å². The highest BCUT2D eigenvalue weighted by atomic mass is 16.3. The molecule has 1 aromatic rings. The second kappa shape index (κ2) is 4.51. The van der Waals surface area contributed by atoms with Crippen molar-refractivity contribution in [2.75, 3.05) is 0 Å². The van der Waals surface area contributed by atoms with Crippen molar-refractivity contribution < 1.29 is 5.11 Å². The van der Waals surface area contributed by atoms with Gasteiger partial charge in [0.1, 0.15) is 5.82 Å². The summed E-state index contributed by atoms with van der Waals surface area (Å²) in [6, 6.07) is 1.94. The van der Waals surface area contributed by atoms with E-state index in [-0.39, 0.29) is 12.0 Å².